The maximum absolute atomic E-state index is 11.1. The fraction of sp³-hybridized carbons (Fsp3) is 0.818. The van der Waals surface area contributed by atoms with Gasteiger partial charge in [0.15, 0.2) is 6.10 Å². The van der Waals surface area contributed by atoms with Crippen LogP contribution in [0.2, 0.25) is 0 Å². The van der Waals surface area contributed by atoms with Crippen LogP contribution in [0.15, 0.2) is 0 Å². The van der Waals surface area contributed by atoms with Crippen LogP contribution in [0, 0.1) is 17.2 Å². The van der Waals surface area contributed by atoms with Crippen LogP contribution in [0.4, 0.5) is 4.79 Å². The highest BCUT2D eigenvalue weighted by Crippen LogP contribution is 2.27. The van der Waals surface area contributed by atoms with Gasteiger partial charge >= 0.3 is 6.16 Å². The Labute approximate surface area is 90.2 Å². The topological polar surface area (TPSA) is 59.3 Å². The second-order valence-corrected chi connectivity index (χ2v) is 3.75. The summed E-state index contributed by atoms with van der Waals surface area (Å²) in [7, 11) is 0. The molecule has 0 saturated heterocycles. The molecule has 15 heavy (non-hydrogen) atoms. The van der Waals surface area contributed by atoms with E-state index in [1.807, 2.05) is 6.07 Å². The molecule has 4 nitrogen and oxygen atoms in total. The van der Waals surface area contributed by atoms with Crippen molar-refractivity contribution in [3.63, 3.8) is 0 Å². The predicted molar refractivity (Wildman–Crippen MR) is 54.1 cm³/mol. The molecule has 84 valence electrons. The molecule has 1 fully saturated rings. The molecule has 4 heteroatoms. The first-order valence-corrected chi connectivity index (χ1v) is 5.51. The summed E-state index contributed by atoms with van der Waals surface area (Å²) < 4.78 is 9.61. The third-order valence-corrected chi connectivity index (χ3v) is 2.69. The number of carbonyl (C=O) groups excluding carboxylic acids is 1. The first-order chi connectivity index (χ1) is 7.27. The Morgan fingerprint density at radius 2 is 2.13 bits per heavy atom. The van der Waals surface area contributed by atoms with Crippen molar-refractivity contribution in [3.05, 3.63) is 0 Å². The van der Waals surface area contributed by atoms with Gasteiger partial charge in [-0.3, -0.25) is 0 Å². The first-order valence-electron chi connectivity index (χ1n) is 5.51. The Morgan fingerprint density at radius 3 is 2.67 bits per heavy atom. The molecular formula is C11H17NO3. The molecule has 0 spiro atoms. The molecule has 0 aromatic heterocycles. The van der Waals surface area contributed by atoms with Gasteiger partial charge in [0.25, 0.3) is 0 Å². The lowest BCUT2D eigenvalue weighted by Gasteiger charge is -2.24. The number of rotatable bonds is 3. The molecule has 0 amide bonds. The first kappa shape index (κ1) is 11.8. The lowest BCUT2D eigenvalue weighted by molar-refractivity contribution is 0.0188. The van der Waals surface area contributed by atoms with Crippen molar-refractivity contribution >= 4 is 6.16 Å². The normalized spacial score (nSPS) is 18.9. The summed E-state index contributed by atoms with van der Waals surface area (Å²) in [6.45, 7) is 1.99. The number of ether oxygens (including phenoxy) is 2. The SMILES string of the molecule is CCOC(=O)O[C@H](C#N)C1CCCCC1. The van der Waals surface area contributed by atoms with Crippen LogP contribution in [0.25, 0.3) is 0 Å². The number of carbonyl (C=O) groups is 1. The summed E-state index contributed by atoms with van der Waals surface area (Å²) in [5.74, 6) is 0.188. The summed E-state index contributed by atoms with van der Waals surface area (Å²) in [5, 5.41) is 8.91. The third kappa shape index (κ3) is 3.78. The van der Waals surface area contributed by atoms with Gasteiger partial charge in [0, 0.05) is 5.92 Å². The van der Waals surface area contributed by atoms with E-state index in [0.717, 1.165) is 25.7 Å². The van der Waals surface area contributed by atoms with Crippen molar-refractivity contribution in [2.75, 3.05) is 6.61 Å². The van der Waals surface area contributed by atoms with E-state index in [-0.39, 0.29) is 12.5 Å². The maximum Gasteiger partial charge on any atom is 0.509 e. The molecule has 1 aliphatic rings. The maximum atomic E-state index is 11.1. The fourth-order valence-electron chi connectivity index (χ4n) is 1.92. The minimum atomic E-state index is -0.727. The van der Waals surface area contributed by atoms with E-state index >= 15 is 0 Å². The summed E-state index contributed by atoms with van der Waals surface area (Å²) in [6.07, 6.45) is 4.03. The number of nitriles is 1. The molecule has 0 N–H and O–H groups in total. The molecule has 1 aliphatic carbocycles. The van der Waals surface area contributed by atoms with Crippen molar-refractivity contribution < 1.29 is 14.3 Å². The average molecular weight is 211 g/mol. The van der Waals surface area contributed by atoms with Gasteiger partial charge in [-0.1, -0.05) is 19.3 Å². The minimum absolute atomic E-state index is 0.188. The second-order valence-electron chi connectivity index (χ2n) is 3.75. The van der Waals surface area contributed by atoms with E-state index < -0.39 is 12.3 Å². The van der Waals surface area contributed by atoms with Crippen LogP contribution in [-0.2, 0) is 9.47 Å². The van der Waals surface area contributed by atoms with Crippen molar-refractivity contribution in [1.82, 2.24) is 0 Å². The van der Waals surface area contributed by atoms with Crippen LogP contribution in [0.5, 0.6) is 0 Å². The van der Waals surface area contributed by atoms with Crippen LogP contribution in [-0.4, -0.2) is 18.9 Å². The summed E-state index contributed by atoms with van der Waals surface area (Å²) >= 11 is 0. The van der Waals surface area contributed by atoms with Gasteiger partial charge < -0.3 is 9.47 Å². The standard InChI is InChI=1S/C11H17NO3/c1-2-14-11(13)15-10(8-12)9-6-4-3-5-7-9/h9-10H,2-7H2,1H3/t10-/m1/s1. The van der Waals surface area contributed by atoms with Gasteiger partial charge in [-0.2, -0.15) is 5.26 Å². The molecule has 1 rings (SSSR count). The van der Waals surface area contributed by atoms with Crippen LogP contribution in [0.3, 0.4) is 0 Å². The molecule has 0 unspecified atom stereocenters. The van der Waals surface area contributed by atoms with Gasteiger partial charge in [0.2, 0.25) is 0 Å². The molecule has 0 aromatic rings. The summed E-state index contributed by atoms with van der Waals surface area (Å²) in [6, 6.07) is 2.04. The van der Waals surface area contributed by atoms with E-state index in [9.17, 15) is 4.79 Å². The smallest absolute Gasteiger partial charge is 0.435 e. The molecule has 0 bridgehead atoms. The van der Waals surface area contributed by atoms with Crippen molar-refractivity contribution in [3.8, 4) is 6.07 Å². The predicted octanol–water partition coefficient (Wildman–Crippen LogP) is 2.63. The average Bonchev–Trinajstić information content (AvgIpc) is 2.27. The molecular weight excluding hydrogens is 194 g/mol. The Balaban J connectivity index is 2.41. The quantitative estimate of drug-likeness (QED) is 0.673. The highest BCUT2D eigenvalue weighted by molar-refractivity contribution is 5.60. The van der Waals surface area contributed by atoms with Crippen LogP contribution < -0.4 is 0 Å². The number of hydrogen-bond acceptors (Lipinski definition) is 4. The largest absolute Gasteiger partial charge is 0.509 e. The van der Waals surface area contributed by atoms with E-state index in [2.05, 4.69) is 4.74 Å². The van der Waals surface area contributed by atoms with Crippen molar-refractivity contribution in [1.29, 1.82) is 5.26 Å². The van der Waals surface area contributed by atoms with E-state index in [0.29, 0.717) is 0 Å². The van der Waals surface area contributed by atoms with E-state index in [1.54, 1.807) is 6.92 Å². The monoisotopic (exact) mass is 211 g/mol. The second kappa shape index (κ2) is 6.28. The zero-order valence-electron chi connectivity index (χ0n) is 9.07. The molecule has 1 saturated carbocycles. The zero-order chi connectivity index (χ0) is 11.1. The summed E-state index contributed by atoms with van der Waals surface area (Å²) in [4.78, 5) is 11.1. The molecule has 0 aromatic carbocycles. The Morgan fingerprint density at radius 1 is 1.47 bits per heavy atom. The van der Waals surface area contributed by atoms with Crippen molar-refractivity contribution in [2.24, 2.45) is 5.92 Å². The highest BCUT2D eigenvalue weighted by atomic mass is 16.7. The van der Waals surface area contributed by atoms with Gasteiger partial charge in [-0.05, 0) is 19.8 Å². The third-order valence-electron chi connectivity index (χ3n) is 2.69. The van der Waals surface area contributed by atoms with Gasteiger partial charge in [0.1, 0.15) is 6.07 Å². The molecule has 0 heterocycles. The van der Waals surface area contributed by atoms with E-state index in [1.165, 1.54) is 6.42 Å². The van der Waals surface area contributed by atoms with Crippen LogP contribution in [0.1, 0.15) is 39.0 Å². The fourth-order valence-corrected chi connectivity index (χ4v) is 1.92. The van der Waals surface area contributed by atoms with Crippen LogP contribution >= 0.6 is 0 Å². The van der Waals surface area contributed by atoms with Gasteiger partial charge in [-0.25, -0.2) is 4.79 Å². The molecule has 0 aliphatic heterocycles. The Bertz CT molecular complexity index is 241. The van der Waals surface area contributed by atoms with Gasteiger partial charge in [0.05, 0.1) is 6.61 Å². The highest BCUT2D eigenvalue weighted by Gasteiger charge is 2.27. The van der Waals surface area contributed by atoms with Crippen molar-refractivity contribution in [2.45, 2.75) is 45.1 Å². The Hall–Kier alpha value is -1.24. The number of nitrogens with zero attached hydrogens (tertiary/aromatic N) is 1. The van der Waals surface area contributed by atoms with E-state index in [4.69, 9.17) is 10.00 Å². The minimum Gasteiger partial charge on any atom is -0.435 e. The molecule has 1 atom stereocenters. The lowest BCUT2D eigenvalue weighted by atomic mass is 9.86. The number of hydrogen-bond donors (Lipinski definition) is 0. The molecule has 0 radical (unpaired) electrons. The van der Waals surface area contributed by atoms with Gasteiger partial charge in [-0.15, -0.1) is 0 Å². The summed E-state index contributed by atoms with van der Waals surface area (Å²) in [5.41, 5.74) is 0. The lowest BCUT2D eigenvalue weighted by Crippen LogP contribution is -2.27. The zero-order valence-corrected chi connectivity index (χ0v) is 9.07. The Kier molecular flexibility index (Phi) is 4.96.